The molecule has 1 aliphatic heterocycles. The third-order valence-electron chi connectivity index (χ3n) is 5.83. The van der Waals surface area contributed by atoms with Gasteiger partial charge in [-0.3, -0.25) is 14.2 Å². The van der Waals surface area contributed by atoms with Gasteiger partial charge in [0.05, 0.1) is 12.9 Å². The lowest BCUT2D eigenvalue weighted by molar-refractivity contribution is -0.115. The summed E-state index contributed by atoms with van der Waals surface area (Å²) in [5, 5.41) is 10.0. The highest BCUT2D eigenvalue weighted by Gasteiger charge is 2.26. The normalized spacial score (nSPS) is 14.4. The third kappa shape index (κ3) is 5.28. The van der Waals surface area contributed by atoms with Gasteiger partial charge in [-0.15, -0.1) is 0 Å². The molecule has 2 aromatic heterocycles. The first-order chi connectivity index (χ1) is 16.3. The number of ketones is 1. The van der Waals surface area contributed by atoms with Crippen LogP contribution in [0.5, 0.6) is 0 Å². The van der Waals surface area contributed by atoms with Crippen LogP contribution in [0.1, 0.15) is 52.5 Å². The Morgan fingerprint density at radius 1 is 1.24 bits per heavy atom. The number of allylic oxidation sites excluding steroid dienone is 7. The zero-order chi connectivity index (χ0) is 24.8. The molecule has 0 unspecified atom stereocenters. The van der Waals surface area contributed by atoms with E-state index in [-0.39, 0.29) is 17.9 Å². The largest absolute Gasteiger partial charge is 0.357 e. The van der Waals surface area contributed by atoms with Crippen molar-refractivity contribution in [3.63, 3.8) is 0 Å². The van der Waals surface area contributed by atoms with Crippen molar-refractivity contribution in [1.29, 1.82) is 5.26 Å². The number of piperidine rings is 1. The topological polar surface area (TPSA) is 83.9 Å². The summed E-state index contributed by atoms with van der Waals surface area (Å²) in [4.78, 5) is 33.3. The molecule has 0 saturated carbocycles. The Labute approximate surface area is 201 Å². The Bertz CT molecular complexity index is 1290. The second-order valence-corrected chi connectivity index (χ2v) is 8.99. The first-order valence-electron chi connectivity index (χ1n) is 11.7. The quantitative estimate of drug-likeness (QED) is 0.325. The summed E-state index contributed by atoms with van der Waals surface area (Å²) in [5.74, 6) is 0.545. The molecule has 1 fully saturated rings. The lowest BCUT2D eigenvalue weighted by Gasteiger charge is -2.29. The second kappa shape index (κ2) is 11.0. The van der Waals surface area contributed by atoms with Crippen molar-refractivity contribution in [1.82, 2.24) is 14.1 Å². The van der Waals surface area contributed by atoms with Crippen LogP contribution in [0.25, 0.3) is 11.0 Å². The summed E-state index contributed by atoms with van der Waals surface area (Å²) in [6.45, 7) is 13.5. The third-order valence-corrected chi connectivity index (χ3v) is 5.83. The van der Waals surface area contributed by atoms with Gasteiger partial charge < -0.3 is 9.47 Å². The molecule has 0 spiro atoms. The van der Waals surface area contributed by atoms with Crippen LogP contribution in [0.15, 0.2) is 58.7 Å². The van der Waals surface area contributed by atoms with E-state index in [1.54, 1.807) is 18.2 Å². The van der Waals surface area contributed by atoms with Crippen LogP contribution in [0.3, 0.4) is 0 Å². The maximum absolute atomic E-state index is 13.6. The molecular formula is C27H33N5O2. The summed E-state index contributed by atoms with van der Waals surface area (Å²) in [7, 11) is 0. The van der Waals surface area contributed by atoms with Gasteiger partial charge in [-0.1, -0.05) is 36.0 Å². The molecule has 0 radical (unpaired) electrons. The zero-order valence-electron chi connectivity index (χ0n) is 20.6. The Morgan fingerprint density at radius 3 is 2.53 bits per heavy atom. The fourth-order valence-electron chi connectivity index (χ4n) is 4.27. The molecule has 3 heterocycles. The van der Waals surface area contributed by atoms with Crippen molar-refractivity contribution in [2.75, 3.05) is 18.0 Å². The van der Waals surface area contributed by atoms with E-state index >= 15 is 0 Å². The van der Waals surface area contributed by atoms with Crippen molar-refractivity contribution < 1.29 is 4.79 Å². The SMILES string of the molecule is C=C(C)/C=C(\C=CC)C(=O)Cn1cnc2c(C#N)c(N3CCCCC3)n(CC=C(C)C)c2c1=O. The molecule has 0 aromatic carbocycles. The van der Waals surface area contributed by atoms with E-state index in [9.17, 15) is 14.9 Å². The first-order valence-corrected chi connectivity index (χ1v) is 11.7. The molecular weight excluding hydrogens is 426 g/mol. The van der Waals surface area contributed by atoms with Crippen molar-refractivity contribution in [2.45, 2.75) is 60.0 Å². The molecule has 3 rings (SSSR count). The van der Waals surface area contributed by atoms with Crippen molar-refractivity contribution >= 4 is 22.6 Å². The number of aromatic nitrogens is 3. The molecule has 0 bridgehead atoms. The van der Waals surface area contributed by atoms with Crippen molar-refractivity contribution in [3.05, 3.63) is 69.8 Å². The van der Waals surface area contributed by atoms with E-state index in [2.05, 4.69) is 22.5 Å². The minimum Gasteiger partial charge on any atom is -0.357 e. The molecule has 34 heavy (non-hydrogen) atoms. The van der Waals surface area contributed by atoms with Crippen LogP contribution in [0.2, 0.25) is 0 Å². The van der Waals surface area contributed by atoms with E-state index < -0.39 is 0 Å². The minimum absolute atomic E-state index is 0.139. The van der Waals surface area contributed by atoms with Crippen molar-refractivity contribution in [2.24, 2.45) is 0 Å². The fraction of sp³-hybridized carbons (Fsp3) is 0.407. The predicted octanol–water partition coefficient (Wildman–Crippen LogP) is 4.67. The van der Waals surface area contributed by atoms with Gasteiger partial charge in [-0.2, -0.15) is 5.26 Å². The standard InChI is InChI=1S/C27H33N5O2/c1-6-10-21(15-20(4)5)23(33)17-31-18-29-24-22(16-28)26(30-12-8-7-9-13-30)32(14-11-19(2)3)25(24)27(31)34/h6,10-11,15,18H,4,7-9,12-14,17H2,1-3,5H3/b10-6?,21-15+. The van der Waals surface area contributed by atoms with Crippen LogP contribution in [-0.4, -0.2) is 33.0 Å². The van der Waals surface area contributed by atoms with Crippen molar-refractivity contribution in [3.8, 4) is 6.07 Å². The number of rotatable bonds is 8. The Morgan fingerprint density at radius 2 is 1.94 bits per heavy atom. The van der Waals surface area contributed by atoms with E-state index in [1.165, 1.54) is 10.9 Å². The van der Waals surface area contributed by atoms with Crippen LogP contribution in [0.4, 0.5) is 5.82 Å². The molecule has 7 heteroatoms. The Kier molecular flexibility index (Phi) is 8.06. The number of Topliss-reactive ketones (excluding diaryl/α,β-unsaturated/α-hetero) is 1. The molecule has 1 saturated heterocycles. The summed E-state index contributed by atoms with van der Waals surface area (Å²) >= 11 is 0. The molecule has 1 aliphatic rings. The van der Waals surface area contributed by atoms with E-state index in [0.29, 0.717) is 28.7 Å². The van der Waals surface area contributed by atoms with Gasteiger partial charge in [0.1, 0.15) is 28.5 Å². The lowest BCUT2D eigenvalue weighted by Crippen LogP contribution is -2.32. The van der Waals surface area contributed by atoms with Crippen LogP contribution >= 0.6 is 0 Å². The number of hydrogen-bond acceptors (Lipinski definition) is 5. The highest BCUT2D eigenvalue weighted by atomic mass is 16.1. The van der Waals surface area contributed by atoms with Crippen LogP contribution < -0.4 is 10.5 Å². The van der Waals surface area contributed by atoms with E-state index in [1.807, 2.05) is 38.3 Å². The van der Waals surface area contributed by atoms with Gasteiger partial charge in [0.25, 0.3) is 5.56 Å². The van der Waals surface area contributed by atoms with E-state index in [4.69, 9.17) is 0 Å². The summed E-state index contributed by atoms with van der Waals surface area (Å²) in [6, 6.07) is 2.30. The minimum atomic E-state index is -0.324. The molecule has 0 amide bonds. The van der Waals surface area contributed by atoms with Gasteiger partial charge in [-0.05, 0) is 53.0 Å². The maximum Gasteiger partial charge on any atom is 0.278 e. The number of nitrogens with zero attached hydrogens (tertiary/aromatic N) is 5. The van der Waals surface area contributed by atoms with E-state index in [0.717, 1.165) is 49.3 Å². The summed E-state index contributed by atoms with van der Waals surface area (Å²) in [6.07, 6.45) is 11.9. The monoisotopic (exact) mass is 459 g/mol. The highest BCUT2D eigenvalue weighted by molar-refractivity contribution is 5.98. The Balaban J connectivity index is 2.19. The van der Waals surface area contributed by atoms with Crippen LogP contribution in [0, 0.1) is 11.3 Å². The Hall–Kier alpha value is -3.66. The number of hydrogen-bond donors (Lipinski definition) is 0. The number of fused-ring (bicyclic) bond motifs is 1. The number of anilines is 1. The first kappa shape index (κ1) is 25.0. The number of nitriles is 1. The smallest absolute Gasteiger partial charge is 0.278 e. The lowest BCUT2D eigenvalue weighted by atomic mass is 10.1. The fourth-order valence-corrected chi connectivity index (χ4v) is 4.27. The molecule has 178 valence electrons. The second-order valence-electron chi connectivity index (χ2n) is 8.99. The highest BCUT2D eigenvalue weighted by Crippen LogP contribution is 2.31. The number of carbonyl (C=O) groups excluding carboxylic acids is 1. The maximum atomic E-state index is 13.6. The van der Waals surface area contributed by atoms with Gasteiger partial charge >= 0.3 is 0 Å². The van der Waals surface area contributed by atoms with Gasteiger partial charge in [0.15, 0.2) is 5.78 Å². The molecule has 2 aromatic rings. The average molecular weight is 460 g/mol. The van der Waals surface area contributed by atoms with Crippen LogP contribution in [-0.2, 0) is 17.9 Å². The summed E-state index contributed by atoms with van der Waals surface area (Å²) < 4.78 is 3.24. The molecule has 0 atom stereocenters. The van der Waals surface area contributed by atoms with Gasteiger partial charge in [-0.25, -0.2) is 4.98 Å². The number of carbonyl (C=O) groups is 1. The van der Waals surface area contributed by atoms with Gasteiger partial charge in [0.2, 0.25) is 0 Å². The molecule has 0 N–H and O–H groups in total. The summed E-state index contributed by atoms with van der Waals surface area (Å²) in [5.41, 5.74) is 3.20. The molecule has 7 nitrogen and oxygen atoms in total. The van der Waals surface area contributed by atoms with Gasteiger partial charge in [0, 0.05) is 25.2 Å². The average Bonchev–Trinajstić information content (AvgIpc) is 3.13. The zero-order valence-corrected chi connectivity index (χ0v) is 20.6. The molecule has 0 aliphatic carbocycles. The predicted molar refractivity (Wildman–Crippen MR) is 137 cm³/mol.